The molecule has 4 aromatic rings. The summed E-state index contributed by atoms with van der Waals surface area (Å²) in [4.78, 5) is 12.7. The first-order chi connectivity index (χ1) is 15.0. The standard InChI is InChI=1S/C24H20ClN3O2S/c1-16-4-3-5-18(14-16)23-26-27-24(28(23)20-10-8-19(25)9-11-20)31-15-22(29)17-6-12-21(30-2)13-7-17/h3-14H,15H2,1-2H3. The molecule has 0 spiro atoms. The van der Waals surface area contributed by atoms with Gasteiger partial charge in [0.05, 0.1) is 12.9 Å². The second-order valence-corrected chi connectivity index (χ2v) is 8.31. The lowest BCUT2D eigenvalue weighted by Crippen LogP contribution is -2.05. The summed E-state index contributed by atoms with van der Waals surface area (Å²) in [7, 11) is 1.60. The molecular formula is C24H20ClN3O2S. The zero-order valence-electron chi connectivity index (χ0n) is 17.1. The van der Waals surface area contributed by atoms with Crippen LogP contribution in [0.5, 0.6) is 5.75 Å². The van der Waals surface area contributed by atoms with Crippen molar-refractivity contribution in [1.82, 2.24) is 14.8 Å². The number of hydrogen-bond acceptors (Lipinski definition) is 5. The number of halogens is 1. The Bertz CT molecular complexity index is 1200. The van der Waals surface area contributed by atoms with E-state index in [1.54, 1.807) is 31.4 Å². The quantitative estimate of drug-likeness (QED) is 0.260. The van der Waals surface area contributed by atoms with Crippen molar-refractivity contribution in [2.45, 2.75) is 12.1 Å². The van der Waals surface area contributed by atoms with E-state index in [0.29, 0.717) is 21.6 Å². The normalized spacial score (nSPS) is 10.8. The Hall–Kier alpha value is -3.09. The molecule has 0 aliphatic carbocycles. The minimum Gasteiger partial charge on any atom is -0.497 e. The topological polar surface area (TPSA) is 57.0 Å². The van der Waals surface area contributed by atoms with Gasteiger partial charge in [-0.25, -0.2) is 0 Å². The molecule has 5 nitrogen and oxygen atoms in total. The number of nitrogens with zero attached hydrogens (tertiary/aromatic N) is 3. The molecule has 0 saturated heterocycles. The largest absolute Gasteiger partial charge is 0.497 e. The molecule has 3 aromatic carbocycles. The summed E-state index contributed by atoms with van der Waals surface area (Å²) in [5.74, 6) is 1.68. The number of ketones is 1. The number of carbonyl (C=O) groups excluding carboxylic acids is 1. The van der Waals surface area contributed by atoms with Gasteiger partial charge in [-0.3, -0.25) is 9.36 Å². The second kappa shape index (κ2) is 9.37. The van der Waals surface area contributed by atoms with Crippen molar-refractivity contribution in [3.05, 3.63) is 88.9 Å². The fraction of sp³-hybridized carbons (Fsp3) is 0.125. The number of hydrogen-bond donors (Lipinski definition) is 0. The maximum Gasteiger partial charge on any atom is 0.196 e. The van der Waals surface area contributed by atoms with Crippen LogP contribution in [-0.4, -0.2) is 33.4 Å². The van der Waals surface area contributed by atoms with Crippen molar-refractivity contribution in [3.8, 4) is 22.8 Å². The highest BCUT2D eigenvalue weighted by Crippen LogP contribution is 2.29. The van der Waals surface area contributed by atoms with Gasteiger partial charge in [0.2, 0.25) is 0 Å². The third-order valence-electron chi connectivity index (χ3n) is 4.74. The van der Waals surface area contributed by atoms with Gasteiger partial charge in [0.25, 0.3) is 0 Å². The molecule has 0 bridgehead atoms. The molecule has 0 atom stereocenters. The Kier molecular flexibility index (Phi) is 6.39. The van der Waals surface area contributed by atoms with Gasteiger partial charge in [-0.1, -0.05) is 47.1 Å². The first-order valence-electron chi connectivity index (χ1n) is 9.63. The third kappa shape index (κ3) is 4.81. The van der Waals surface area contributed by atoms with Crippen LogP contribution in [-0.2, 0) is 0 Å². The smallest absolute Gasteiger partial charge is 0.196 e. The lowest BCUT2D eigenvalue weighted by Gasteiger charge is -2.11. The van der Waals surface area contributed by atoms with Crippen molar-refractivity contribution < 1.29 is 9.53 Å². The number of methoxy groups -OCH3 is 1. The van der Waals surface area contributed by atoms with Crippen LogP contribution in [0.3, 0.4) is 0 Å². The molecule has 0 amide bonds. The van der Waals surface area contributed by atoms with Crippen LogP contribution in [0.2, 0.25) is 5.02 Å². The summed E-state index contributed by atoms with van der Waals surface area (Å²) in [5.41, 5.74) is 3.60. The average Bonchev–Trinajstić information content (AvgIpc) is 3.22. The Morgan fingerprint density at radius 2 is 1.77 bits per heavy atom. The molecule has 1 heterocycles. The van der Waals surface area contributed by atoms with E-state index in [-0.39, 0.29) is 11.5 Å². The summed E-state index contributed by atoms with van der Waals surface area (Å²) in [5, 5.41) is 10.1. The fourth-order valence-electron chi connectivity index (χ4n) is 3.15. The molecule has 0 N–H and O–H groups in total. The number of aryl methyl sites for hydroxylation is 1. The minimum absolute atomic E-state index is 0.00964. The van der Waals surface area contributed by atoms with E-state index < -0.39 is 0 Å². The lowest BCUT2D eigenvalue weighted by molar-refractivity contribution is 0.102. The van der Waals surface area contributed by atoms with Crippen LogP contribution >= 0.6 is 23.4 Å². The first kappa shape index (κ1) is 21.2. The monoisotopic (exact) mass is 449 g/mol. The van der Waals surface area contributed by atoms with Gasteiger partial charge < -0.3 is 4.74 Å². The van der Waals surface area contributed by atoms with E-state index in [1.165, 1.54) is 11.8 Å². The Labute approximate surface area is 190 Å². The molecule has 31 heavy (non-hydrogen) atoms. The van der Waals surface area contributed by atoms with Gasteiger partial charge in [0, 0.05) is 21.8 Å². The number of aromatic nitrogens is 3. The van der Waals surface area contributed by atoms with E-state index >= 15 is 0 Å². The van der Waals surface area contributed by atoms with Gasteiger partial charge in [-0.15, -0.1) is 10.2 Å². The number of benzene rings is 3. The van der Waals surface area contributed by atoms with Crippen molar-refractivity contribution in [2.75, 3.05) is 12.9 Å². The molecule has 0 aliphatic heterocycles. The van der Waals surface area contributed by atoms with Crippen LogP contribution in [0.1, 0.15) is 15.9 Å². The molecule has 0 saturated carbocycles. The Morgan fingerprint density at radius 1 is 1.03 bits per heavy atom. The van der Waals surface area contributed by atoms with E-state index in [1.807, 2.05) is 54.0 Å². The molecule has 4 rings (SSSR count). The summed E-state index contributed by atoms with van der Waals surface area (Å²) in [6, 6.07) is 22.7. The zero-order chi connectivity index (χ0) is 21.8. The number of ether oxygens (including phenoxy) is 1. The molecular weight excluding hydrogens is 430 g/mol. The minimum atomic E-state index is 0.00964. The van der Waals surface area contributed by atoms with Crippen molar-refractivity contribution >= 4 is 29.1 Å². The number of rotatable bonds is 7. The first-order valence-corrected chi connectivity index (χ1v) is 11.0. The summed E-state index contributed by atoms with van der Waals surface area (Å²) in [6.07, 6.45) is 0. The van der Waals surface area contributed by atoms with Gasteiger partial charge in [0.1, 0.15) is 5.75 Å². The van der Waals surface area contributed by atoms with E-state index in [0.717, 1.165) is 22.6 Å². The van der Waals surface area contributed by atoms with E-state index in [2.05, 4.69) is 16.3 Å². The summed E-state index contributed by atoms with van der Waals surface area (Å²) < 4.78 is 7.11. The Balaban J connectivity index is 1.65. The van der Waals surface area contributed by atoms with E-state index in [9.17, 15) is 4.79 Å². The highest BCUT2D eigenvalue weighted by molar-refractivity contribution is 7.99. The van der Waals surface area contributed by atoms with E-state index in [4.69, 9.17) is 16.3 Å². The molecule has 0 aliphatic rings. The molecule has 7 heteroatoms. The molecule has 0 unspecified atom stereocenters. The average molecular weight is 450 g/mol. The Morgan fingerprint density at radius 3 is 2.45 bits per heavy atom. The van der Waals surface area contributed by atoms with Gasteiger partial charge in [0.15, 0.2) is 16.8 Å². The van der Waals surface area contributed by atoms with Gasteiger partial charge in [-0.2, -0.15) is 0 Å². The van der Waals surface area contributed by atoms with Crippen molar-refractivity contribution in [2.24, 2.45) is 0 Å². The lowest BCUT2D eigenvalue weighted by atomic mass is 10.1. The fourth-order valence-corrected chi connectivity index (χ4v) is 4.12. The van der Waals surface area contributed by atoms with Crippen molar-refractivity contribution in [3.63, 3.8) is 0 Å². The van der Waals surface area contributed by atoms with Crippen LogP contribution < -0.4 is 4.74 Å². The highest BCUT2D eigenvalue weighted by atomic mass is 35.5. The SMILES string of the molecule is COc1ccc(C(=O)CSc2nnc(-c3cccc(C)c3)n2-c2ccc(Cl)cc2)cc1. The maximum absolute atomic E-state index is 12.7. The highest BCUT2D eigenvalue weighted by Gasteiger charge is 2.18. The number of carbonyl (C=O) groups is 1. The summed E-state index contributed by atoms with van der Waals surface area (Å²) in [6.45, 7) is 2.04. The van der Waals surface area contributed by atoms with Crippen LogP contribution in [0.15, 0.2) is 78.0 Å². The van der Waals surface area contributed by atoms with Gasteiger partial charge >= 0.3 is 0 Å². The van der Waals surface area contributed by atoms with Gasteiger partial charge in [-0.05, 0) is 61.5 Å². The van der Waals surface area contributed by atoms with Crippen molar-refractivity contribution in [1.29, 1.82) is 0 Å². The molecule has 0 radical (unpaired) electrons. The second-order valence-electron chi connectivity index (χ2n) is 6.93. The molecule has 156 valence electrons. The van der Waals surface area contributed by atoms with Crippen LogP contribution in [0.4, 0.5) is 0 Å². The van der Waals surface area contributed by atoms with Crippen LogP contribution in [0, 0.1) is 6.92 Å². The predicted octanol–water partition coefficient (Wildman–Crippen LogP) is 5.88. The molecule has 0 fully saturated rings. The number of Topliss-reactive ketones (excluding diaryl/α,β-unsaturated/α-hetero) is 1. The third-order valence-corrected chi connectivity index (χ3v) is 5.92. The summed E-state index contributed by atoms with van der Waals surface area (Å²) >= 11 is 7.44. The zero-order valence-corrected chi connectivity index (χ0v) is 18.7. The number of thioether (sulfide) groups is 1. The predicted molar refractivity (Wildman–Crippen MR) is 125 cm³/mol. The molecule has 1 aromatic heterocycles. The van der Waals surface area contributed by atoms with Crippen LogP contribution in [0.25, 0.3) is 17.1 Å². The maximum atomic E-state index is 12.7.